The van der Waals surface area contributed by atoms with Gasteiger partial charge in [0.2, 0.25) is 0 Å². The Balaban J connectivity index is 1.55. The third-order valence-corrected chi connectivity index (χ3v) is 3.86. The van der Waals surface area contributed by atoms with Crippen molar-refractivity contribution in [3.8, 4) is 0 Å². The number of pyridine rings is 1. The van der Waals surface area contributed by atoms with Gasteiger partial charge >= 0.3 is 12.1 Å². The highest BCUT2D eigenvalue weighted by Gasteiger charge is 2.33. The number of esters is 1. The Morgan fingerprint density at radius 3 is 2.78 bits per heavy atom. The molecule has 124 valence electrons. The molecule has 3 heterocycles. The van der Waals surface area contributed by atoms with E-state index in [4.69, 9.17) is 4.74 Å². The number of rotatable bonds is 3. The van der Waals surface area contributed by atoms with Crippen molar-refractivity contribution in [2.75, 3.05) is 19.6 Å². The molecule has 1 saturated heterocycles. The number of alkyl halides is 3. The predicted molar refractivity (Wildman–Crippen MR) is 76.1 cm³/mol. The van der Waals surface area contributed by atoms with Crippen LogP contribution in [-0.4, -0.2) is 52.2 Å². The minimum absolute atomic E-state index is 0.277. The number of nitrogens with zero attached hydrogens (tertiary/aromatic N) is 3. The Morgan fingerprint density at radius 1 is 1.35 bits per heavy atom. The van der Waals surface area contributed by atoms with Crippen LogP contribution in [0.3, 0.4) is 0 Å². The zero-order valence-corrected chi connectivity index (χ0v) is 12.3. The van der Waals surface area contributed by atoms with E-state index in [1.165, 1.54) is 4.90 Å². The standard InChI is InChI=1S/C15H16F3N3O2/c16-15(17,18)9-20-4-2-13(3-5-20)23-14(22)11-1-6-21-10-19-8-12(21)7-11/h1,6-8,10,13H,2-5,9H2. The number of fused-ring (bicyclic) bond motifs is 1. The highest BCUT2D eigenvalue weighted by Crippen LogP contribution is 2.21. The SMILES string of the molecule is O=C(OC1CCN(CC(F)(F)F)CC1)c1ccn2cncc2c1. The van der Waals surface area contributed by atoms with Crippen LogP contribution in [0.5, 0.6) is 0 Å². The van der Waals surface area contributed by atoms with Crippen LogP contribution in [0.2, 0.25) is 0 Å². The van der Waals surface area contributed by atoms with Gasteiger partial charge in [0.1, 0.15) is 6.10 Å². The first-order valence-electron chi connectivity index (χ1n) is 7.32. The molecule has 1 aliphatic rings. The highest BCUT2D eigenvalue weighted by molar-refractivity contribution is 5.90. The molecule has 0 bridgehead atoms. The van der Waals surface area contributed by atoms with E-state index in [9.17, 15) is 18.0 Å². The van der Waals surface area contributed by atoms with Gasteiger partial charge in [-0.1, -0.05) is 0 Å². The van der Waals surface area contributed by atoms with Crippen LogP contribution in [0, 0.1) is 0 Å². The second-order valence-corrected chi connectivity index (χ2v) is 5.64. The molecule has 1 aliphatic heterocycles. The van der Waals surface area contributed by atoms with Crippen molar-refractivity contribution < 1.29 is 22.7 Å². The van der Waals surface area contributed by atoms with Crippen LogP contribution in [0.1, 0.15) is 23.2 Å². The van der Waals surface area contributed by atoms with Crippen molar-refractivity contribution in [3.63, 3.8) is 0 Å². The van der Waals surface area contributed by atoms with Gasteiger partial charge in [-0.25, -0.2) is 9.78 Å². The summed E-state index contributed by atoms with van der Waals surface area (Å²) < 4.78 is 44.2. The smallest absolute Gasteiger partial charge is 0.401 e. The highest BCUT2D eigenvalue weighted by atomic mass is 19.4. The summed E-state index contributed by atoms with van der Waals surface area (Å²) in [6.07, 6.45) is 1.27. The van der Waals surface area contributed by atoms with Crippen LogP contribution >= 0.6 is 0 Å². The summed E-state index contributed by atoms with van der Waals surface area (Å²) in [6, 6.07) is 3.31. The molecule has 2 aromatic rings. The van der Waals surface area contributed by atoms with Crippen molar-refractivity contribution in [2.24, 2.45) is 0 Å². The van der Waals surface area contributed by atoms with Gasteiger partial charge in [0.25, 0.3) is 0 Å². The summed E-state index contributed by atoms with van der Waals surface area (Å²) in [4.78, 5) is 17.4. The molecule has 0 radical (unpaired) electrons. The normalized spacial score (nSPS) is 17.5. The fraction of sp³-hybridized carbons (Fsp3) is 0.467. The average molecular weight is 327 g/mol. The lowest BCUT2D eigenvalue weighted by Gasteiger charge is -2.31. The van der Waals surface area contributed by atoms with Gasteiger partial charge < -0.3 is 9.14 Å². The molecular formula is C15H16F3N3O2. The summed E-state index contributed by atoms with van der Waals surface area (Å²) >= 11 is 0. The molecular weight excluding hydrogens is 311 g/mol. The number of hydrogen-bond donors (Lipinski definition) is 0. The van der Waals surface area contributed by atoms with Gasteiger partial charge in [0, 0.05) is 19.3 Å². The average Bonchev–Trinajstić information content (AvgIpc) is 2.95. The first-order chi connectivity index (χ1) is 10.9. The maximum atomic E-state index is 12.3. The number of aromatic nitrogens is 2. The maximum Gasteiger partial charge on any atom is 0.401 e. The minimum atomic E-state index is -4.19. The Bertz CT molecular complexity index is 691. The van der Waals surface area contributed by atoms with Gasteiger partial charge in [0.05, 0.1) is 30.1 Å². The van der Waals surface area contributed by atoms with E-state index < -0.39 is 18.7 Å². The van der Waals surface area contributed by atoms with Crippen molar-refractivity contribution in [1.29, 1.82) is 0 Å². The van der Waals surface area contributed by atoms with Crippen molar-refractivity contribution in [1.82, 2.24) is 14.3 Å². The van der Waals surface area contributed by atoms with Gasteiger partial charge in [-0.15, -0.1) is 0 Å². The zero-order valence-electron chi connectivity index (χ0n) is 12.3. The fourth-order valence-electron chi connectivity index (χ4n) is 2.70. The fourth-order valence-corrected chi connectivity index (χ4v) is 2.70. The van der Waals surface area contributed by atoms with Crippen LogP contribution in [0.4, 0.5) is 13.2 Å². The molecule has 0 aliphatic carbocycles. The summed E-state index contributed by atoms with van der Waals surface area (Å²) in [5.41, 5.74) is 1.19. The molecule has 0 aromatic carbocycles. The Morgan fingerprint density at radius 2 is 2.09 bits per heavy atom. The number of carbonyl (C=O) groups excluding carboxylic acids is 1. The number of imidazole rings is 1. The van der Waals surface area contributed by atoms with Gasteiger partial charge in [-0.05, 0) is 25.0 Å². The van der Waals surface area contributed by atoms with Crippen LogP contribution < -0.4 is 0 Å². The predicted octanol–water partition coefficient (Wildman–Crippen LogP) is 2.52. The number of carbonyl (C=O) groups is 1. The van der Waals surface area contributed by atoms with Gasteiger partial charge in [0.15, 0.2) is 0 Å². The molecule has 0 saturated carbocycles. The first kappa shape index (κ1) is 15.8. The third kappa shape index (κ3) is 4.01. The molecule has 5 nitrogen and oxygen atoms in total. The lowest BCUT2D eigenvalue weighted by molar-refractivity contribution is -0.150. The van der Waals surface area contributed by atoms with Crippen LogP contribution in [0.25, 0.3) is 5.52 Å². The van der Waals surface area contributed by atoms with E-state index in [0.717, 1.165) is 5.52 Å². The quantitative estimate of drug-likeness (QED) is 0.813. The lowest BCUT2D eigenvalue weighted by Crippen LogP contribution is -2.42. The summed E-state index contributed by atoms with van der Waals surface area (Å²) in [7, 11) is 0. The van der Waals surface area contributed by atoms with E-state index in [0.29, 0.717) is 18.4 Å². The molecule has 1 fully saturated rings. The number of hydrogen-bond acceptors (Lipinski definition) is 4. The monoisotopic (exact) mass is 327 g/mol. The molecule has 0 atom stereocenters. The number of ether oxygens (including phenoxy) is 1. The van der Waals surface area contributed by atoms with E-state index in [1.807, 2.05) is 0 Å². The van der Waals surface area contributed by atoms with Crippen LogP contribution in [0.15, 0.2) is 30.9 Å². The molecule has 2 aromatic heterocycles. The van der Waals surface area contributed by atoms with E-state index in [1.54, 1.807) is 35.3 Å². The van der Waals surface area contributed by atoms with Crippen molar-refractivity contribution >= 4 is 11.5 Å². The molecule has 3 rings (SSSR count). The molecule has 0 unspecified atom stereocenters. The maximum absolute atomic E-state index is 12.3. The lowest BCUT2D eigenvalue weighted by atomic mass is 10.1. The molecule has 0 N–H and O–H groups in total. The van der Waals surface area contributed by atoms with E-state index in [-0.39, 0.29) is 19.2 Å². The molecule has 0 spiro atoms. The number of halogens is 3. The summed E-state index contributed by atoms with van der Waals surface area (Å²) in [6.45, 7) is -0.357. The van der Waals surface area contributed by atoms with Gasteiger partial charge in [-0.3, -0.25) is 4.90 Å². The third-order valence-electron chi connectivity index (χ3n) is 3.86. The largest absolute Gasteiger partial charge is 0.459 e. The van der Waals surface area contributed by atoms with Crippen molar-refractivity contribution in [3.05, 3.63) is 36.4 Å². The first-order valence-corrected chi connectivity index (χ1v) is 7.32. The molecule has 0 amide bonds. The van der Waals surface area contributed by atoms with Gasteiger partial charge in [-0.2, -0.15) is 13.2 Å². The molecule has 8 heteroatoms. The summed E-state index contributed by atoms with van der Waals surface area (Å²) in [5.74, 6) is -0.456. The second-order valence-electron chi connectivity index (χ2n) is 5.64. The number of likely N-dealkylation sites (tertiary alicyclic amines) is 1. The van der Waals surface area contributed by atoms with Crippen LogP contribution in [-0.2, 0) is 4.74 Å². The Hall–Kier alpha value is -2.09. The minimum Gasteiger partial charge on any atom is -0.459 e. The Labute approximate surface area is 130 Å². The van der Waals surface area contributed by atoms with Crippen molar-refractivity contribution in [2.45, 2.75) is 25.1 Å². The van der Waals surface area contributed by atoms with E-state index in [2.05, 4.69) is 4.98 Å². The topological polar surface area (TPSA) is 46.8 Å². The summed E-state index contributed by atoms with van der Waals surface area (Å²) in [5, 5.41) is 0. The van der Waals surface area contributed by atoms with E-state index >= 15 is 0 Å². The molecule has 23 heavy (non-hydrogen) atoms. The zero-order chi connectivity index (χ0) is 16.4. The Kier molecular flexibility index (Phi) is 4.25. The second kappa shape index (κ2) is 6.19. The number of piperidine rings is 1.